The summed E-state index contributed by atoms with van der Waals surface area (Å²) in [6.45, 7) is 6.19. The van der Waals surface area contributed by atoms with Gasteiger partial charge in [-0.15, -0.1) is 5.11 Å². The van der Waals surface area contributed by atoms with Crippen molar-refractivity contribution in [2.75, 3.05) is 13.7 Å². The maximum absolute atomic E-state index is 12.7. The minimum atomic E-state index is -4.18. The maximum Gasteiger partial charge on any atom is 0.416 e. The van der Waals surface area contributed by atoms with Crippen molar-refractivity contribution in [3.8, 4) is 0 Å². The number of ether oxygens (including phenoxy) is 2. The molecule has 1 unspecified atom stereocenters. The lowest BCUT2D eigenvalue weighted by atomic mass is 10.1. The number of esters is 2. The summed E-state index contributed by atoms with van der Waals surface area (Å²) in [5.74, 6) is -2.12. The lowest BCUT2D eigenvalue weighted by Gasteiger charge is -2.21. The van der Waals surface area contributed by atoms with Crippen LogP contribution in [0.5, 0.6) is 0 Å². The zero-order valence-electron chi connectivity index (χ0n) is 16.5. The Morgan fingerprint density at radius 3 is 2.41 bits per heavy atom. The first-order valence-electron chi connectivity index (χ1n) is 8.29. The predicted molar refractivity (Wildman–Crippen MR) is 99.8 cm³/mol. The molecule has 29 heavy (non-hydrogen) atoms. The first-order valence-corrected chi connectivity index (χ1v) is 9.78. The standard InChI is InChI=1S/C16H22N4O8S/c1-6-28-15(22)13(20(23)24)18-17-10-7-8-11(14(21)27-5)12(9-10)29(25,26)19-16(2,3)4/h7-9,13,19H,6H2,1-5H3. The second-order valence-electron chi connectivity index (χ2n) is 6.65. The first kappa shape index (κ1) is 24.1. The van der Waals surface area contributed by atoms with Crippen molar-refractivity contribution < 1.29 is 32.4 Å². The van der Waals surface area contributed by atoms with Crippen molar-refractivity contribution in [2.45, 2.75) is 44.3 Å². The fourth-order valence-electron chi connectivity index (χ4n) is 2.05. The van der Waals surface area contributed by atoms with Crippen LogP contribution in [0.3, 0.4) is 0 Å². The van der Waals surface area contributed by atoms with Gasteiger partial charge < -0.3 is 9.47 Å². The minimum absolute atomic E-state index is 0.0899. The molecule has 1 N–H and O–H groups in total. The van der Waals surface area contributed by atoms with E-state index in [-0.39, 0.29) is 17.9 Å². The third-order valence-electron chi connectivity index (χ3n) is 3.08. The van der Waals surface area contributed by atoms with E-state index in [1.165, 1.54) is 13.0 Å². The Hall–Kier alpha value is -2.93. The second kappa shape index (κ2) is 9.52. The molecule has 1 aromatic rings. The van der Waals surface area contributed by atoms with Crippen molar-refractivity contribution in [1.82, 2.24) is 4.72 Å². The molecule has 0 saturated heterocycles. The van der Waals surface area contributed by atoms with Gasteiger partial charge in [0.2, 0.25) is 10.0 Å². The Morgan fingerprint density at radius 1 is 1.31 bits per heavy atom. The molecule has 1 aromatic carbocycles. The second-order valence-corrected chi connectivity index (χ2v) is 8.30. The number of nitrogens with zero attached hydrogens (tertiary/aromatic N) is 3. The van der Waals surface area contributed by atoms with Crippen LogP contribution < -0.4 is 4.72 Å². The van der Waals surface area contributed by atoms with Crippen molar-refractivity contribution in [3.05, 3.63) is 33.9 Å². The number of nitrogens with one attached hydrogen (secondary N) is 1. The van der Waals surface area contributed by atoms with Crippen LogP contribution in [-0.4, -0.2) is 50.7 Å². The molecule has 160 valence electrons. The summed E-state index contributed by atoms with van der Waals surface area (Å²) in [7, 11) is -3.10. The van der Waals surface area contributed by atoms with Gasteiger partial charge in [0.25, 0.3) is 0 Å². The topological polar surface area (TPSA) is 167 Å². The highest BCUT2D eigenvalue weighted by molar-refractivity contribution is 7.89. The molecule has 0 fully saturated rings. The molecule has 0 saturated carbocycles. The number of carbonyl (C=O) groups is 2. The maximum atomic E-state index is 12.7. The van der Waals surface area contributed by atoms with Crippen LogP contribution in [0.15, 0.2) is 33.3 Å². The molecule has 0 amide bonds. The molecule has 0 aromatic heterocycles. The smallest absolute Gasteiger partial charge is 0.416 e. The van der Waals surface area contributed by atoms with Crippen molar-refractivity contribution >= 4 is 27.6 Å². The Morgan fingerprint density at radius 2 is 1.93 bits per heavy atom. The van der Waals surface area contributed by atoms with Crippen LogP contribution in [0.25, 0.3) is 0 Å². The number of benzene rings is 1. The van der Waals surface area contributed by atoms with Gasteiger partial charge in [-0.3, -0.25) is 10.1 Å². The number of sulfonamides is 1. The largest absolute Gasteiger partial charge is 0.465 e. The van der Waals surface area contributed by atoms with Crippen LogP contribution in [0.2, 0.25) is 0 Å². The molecule has 0 radical (unpaired) electrons. The predicted octanol–water partition coefficient (Wildman–Crippen LogP) is 1.80. The Labute approximate surface area is 167 Å². The van der Waals surface area contributed by atoms with Gasteiger partial charge in [0, 0.05) is 5.54 Å². The molecule has 0 bridgehead atoms. The Kier molecular flexibility index (Phi) is 7.91. The SMILES string of the molecule is CCOC(=O)C(N=Nc1ccc(C(=O)OC)c(S(=O)(=O)NC(C)(C)C)c1)[N+](=O)[O-]. The molecule has 1 rings (SSSR count). The molecular formula is C16H22N4O8S. The number of methoxy groups -OCH3 is 1. The first-order chi connectivity index (χ1) is 13.3. The van der Waals surface area contributed by atoms with Crippen molar-refractivity contribution in [2.24, 2.45) is 10.2 Å². The monoisotopic (exact) mass is 430 g/mol. The van der Waals surface area contributed by atoms with E-state index >= 15 is 0 Å². The molecule has 0 heterocycles. The van der Waals surface area contributed by atoms with Gasteiger partial charge in [-0.1, -0.05) is 5.11 Å². The number of nitro groups is 1. The quantitative estimate of drug-likeness (QED) is 0.282. The van der Waals surface area contributed by atoms with E-state index in [0.717, 1.165) is 19.2 Å². The van der Waals surface area contributed by atoms with E-state index in [2.05, 4.69) is 24.4 Å². The number of carbonyl (C=O) groups excluding carboxylic acids is 2. The molecule has 13 heteroatoms. The van der Waals surface area contributed by atoms with Crippen LogP contribution >= 0.6 is 0 Å². The summed E-state index contributed by atoms with van der Waals surface area (Å²) in [4.78, 5) is 33.1. The summed E-state index contributed by atoms with van der Waals surface area (Å²) in [6, 6.07) is 3.32. The van der Waals surface area contributed by atoms with Crippen LogP contribution in [-0.2, 0) is 24.3 Å². The van der Waals surface area contributed by atoms with E-state index in [0.29, 0.717) is 0 Å². The summed E-state index contributed by atoms with van der Waals surface area (Å²) in [5, 5.41) is 17.9. The van der Waals surface area contributed by atoms with E-state index in [4.69, 9.17) is 0 Å². The highest BCUT2D eigenvalue weighted by Crippen LogP contribution is 2.25. The highest BCUT2D eigenvalue weighted by Gasteiger charge is 2.31. The average molecular weight is 430 g/mol. The summed E-state index contributed by atoms with van der Waals surface area (Å²) in [5.41, 5.74) is -1.26. The van der Waals surface area contributed by atoms with Crippen LogP contribution in [0.1, 0.15) is 38.1 Å². The van der Waals surface area contributed by atoms with Gasteiger partial charge in [0.15, 0.2) is 0 Å². The summed E-state index contributed by atoms with van der Waals surface area (Å²) >= 11 is 0. The molecule has 0 spiro atoms. The lowest BCUT2D eigenvalue weighted by Crippen LogP contribution is -2.41. The summed E-state index contributed by atoms with van der Waals surface area (Å²) < 4.78 is 36.9. The van der Waals surface area contributed by atoms with Gasteiger partial charge in [0.05, 0.1) is 34.8 Å². The molecule has 0 aliphatic rings. The van der Waals surface area contributed by atoms with Gasteiger partial charge in [-0.05, 0) is 45.9 Å². The van der Waals surface area contributed by atoms with Gasteiger partial charge in [0.1, 0.15) is 0 Å². The summed E-state index contributed by atoms with van der Waals surface area (Å²) in [6.07, 6.45) is -2.11. The molecular weight excluding hydrogens is 408 g/mol. The van der Waals surface area contributed by atoms with E-state index < -0.39 is 43.5 Å². The van der Waals surface area contributed by atoms with Crippen molar-refractivity contribution in [1.29, 1.82) is 0 Å². The fourth-order valence-corrected chi connectivity index (χ4v) is 3.68. The third-order valence-corrected chi connectivity index (χ3v) is 4.88. The van der Waals surface area contributed by atoms with E-state index in [1.54, 1.807) is 20.8 Å². The lowest BCUT2D eigenvalue weighted by molar-refractivity contribution is -0.509. The number of rotatable bonds is 8. The molecule has 0 aliphatic heterocycles. The minimum Gasteiger partial charge on any atom is -0.465 e. The van der Waals surface area contributed by atoms with Crippen LogP contribution in [0.4, 0.5) is 5.69 Å². The normalized spacial score (nSPS) is 13.1. The van der Waals surface area contributed by atoms with Gasteiger partial charge in [-0.2, -0.15) is 0 Å². The number of hydrogen-bond donors (Lipinski definition) is 1. The fraction of sp³-hybridized carbons (Fsp3) is 0.500. The van der Waals surface area contributed by atoms with Crippen molar-refractivity contribution in [3.63, 3.8) is 0 Å². The third kappa shape index (κ3) is 6.87. The van der Waals surface area contributed by atoms with E-state index in [9.17, 15) is 28.1 Å². The Balaban J connectivity index is 3.44. The zero-order chi connectivity index (χ0) is 22.4. The van der Waals surface area contributed by atoms with Crippen LogP contribution in [0, 0.1) is 10.1 Å². The number of azo groups is 1. The average Bonchev–Trinajstić information content (AvgIpc) is 2.59. The van der Waals surface area contributed by atoms with Gasteiger partial charge >= 0.3 is 18.1 Å². The molecule has 12 nitrogen and oxygen atoms in total. The van der Waals surface area contributed by atoms with Gasteiger partial charge in [-0.25, -0.2) is 22.7 Å². The van der Waals surface area contributed by atoms with E-state index in [1.807, 2.05) is 0 Å². The molecule has 0 aliphatic carbocycles. The highest BCUT2D eigenvalue weighted by atomic mass is 32.2. The zero-order valence-corrected chi connectivity index (χ0v) is 17.3. The molecule has 1 atom stereocenters. The number of hydrogen-bond acceptors (Lipinski definition) is 10. The Bertz CT molecular complexity index is 921.